The molecule has 0 amide bonds. The third kappa shape index (κ3) is 7.01. The van der Waals surface area contributed by atoms with Crippen LogP contribution in [0.25, 0.3) is 0 Å². The Balaban J connectivity index is 1.80. The molecule has 1 aromatic carbocycles. The van der Waals surface area contributed by atoms with Crippen molar-refractivity contribution >= 4 is 34.9 Å². The second-order valence-corrected chi connectivity index (χ2v) is 10.1. The summed E-state index contributed by atoms with van der Waals surface area (Å²) in [5, 5.41) is 11.8. The summed E-state index contributed by atoms with van der Waals surface area (Å²) in [5.74, 6) is 0.962. The van der Waals surface area contributed by atoms with Crippen LogP contribution in [0.5, 0.6) is 0 Å². The van der Waals surface area contributed by atoms with Crippen LogP contribution < -0.4 is 4.90 Å². The highest BCUT2D eigenvalue weighted by Gasteiger charge is 2.46. The van der Waals surface area contributed by atoms with Gasteiger partial charge in [0.25, 0.3) is 0 Å². The first kappa shape index (κ1) is 25.3. The van der Waals surface area contributed by atoms with Crippen LogP contribution in [-0.4, -0.2) is 58.3 Å². The van der Waals surface area contributed by atoms with E-state index in [2.05, 4.69) is 29.2 Å². The van der Waals surface area contributed by atoms with E-state index in [0.717, 1.165) is 31.6 Å². The summed E-state index contributed by atoms with van der Waals surface area (Å²) in [7, 11) is 0. The molecule has 7 heteroatoms. The van der Waals surface area contributed by atoms with E-state index < -0.39 is 11.1 Å². The van der Waals surface area contributed by atoms with Crippen molar-refractivity contribution in [3.05, 3.63) is 29.8 Å². The van der Waals surface area contributed by atoms with E-state index in [1.807, 2.05) is 27.7 Å². The molecule has 1 saturated heterocycles. The molecule has 30 heavy (non-hydrogen) atoms. The van der Waals surface area contributed by atoms with Crippen molar-refractivity contribution in [2.24, 2.45) is 0 Å². The molecule has 1 aliphatic heterocycles. The highest BCUT2D eigenvalue weighted by molar-refractivity contribution is 6.18. The fourth-order valence-corrected chi connectivity index (χ4v) is 4.80. The Hall–Kier alpha value is -1.01. The zero-order valence-corrected chi connectivity index (χ0v) is 20.2. The fraction of sp³-hybridized carbons (Fsp3) is 0.696. The standard InChI is InChI=1S/C23H36Cl2N2O3/c1-22(2)16-20(17-23(3,4)27(22)29)30-21(28)7-5-6-18-8-10-19(11-9-18)26(14-12-24)15-13-25/h8-11,20,29H,5-7,12-17H2,1-4H3. The number of anilines is 1. The van der Waals surface area contributed by atoms with Gasteiger partial charge in [-0.3, -0.25) is 4.79 Å². The van der Waals surface area contributed by atoms with Crippen LogP contribution in [0, 0.1) is 0 Å². The molecular weight excluding hydrogens is 423 g/mol. The van der Waals surface area contributed by atoms with Gasteiger partial charge in [0.2, 0.25) is 0 Å². The molecule has 1 heterocycles. The highest BCUT2D eigenvalue weighted by atomic mass is 35.5. The van der Waals surface area contributed by atoms with E-state index in [-0.39, 0.29) is 12.1 Å². The van der Waals surface area contributed by atoms with Crippen molar-refractivity contribution in [3.8, 4) is 0 Å². The zero-order chi connectivity index (χ0) is 22.4. The van der Waals surface area contributed by atoms with Crippen molar-refractivity contribution in [2.45, 2.75) is 77.0 Å². The molecule has 1 N–H and O–H groups in total. The van der Waals surface area contributed by atoms with Crippen LogP contribution in [0.15, 0.2) is 24.3 Å². The SMILES string of the molecule is CC1(C)CC(OC(=O)CCCc2ccc(N(CCCl)CCCl)cc2)CC(C)(C)N1O. The number of rotatable bonds is 10. The smallest absolute Gasteiger partial charge is 0.306 e. The fourth-order valence-electron chi connectivity index (χ4n) is 4.39. The van der Waals surface area contributed by atoms with E-state index in [1.165, 1.54) is 10.6 Å². The number of aryl methyl sites for hydroxylation is 1. The summed E-state index contributed by atoms with van der Waals surface area (Å²) in [6, 6.07) is 8.36. The quantitative estimate of drug-likeness (QED) is 0.383. The first-order valence-corrected chi connectivity index (χ1v) is 11.8. The number of benzene rings is 1. The molecule has 170 valence electrons. The van der Waals surface area contributed by atoms with Crippen molar-refractivity contribution in [3.63, 3.8) is 0 Å². The minimum atomic E-state index is -0.421. The number of piperidine rings is 1. The monoisotopic (exact) mass is 458 g/mol. The Bertz CT molecular complexity index is 656. The summed E-state index contributed by atoms with van der Waals surface area (Å²) in [4.78, 5) is 14.5. The molecule has 0 atom stereocenters. The van der Waals surface area contributed by atoms with E-state index in [9.17, 15) is 10.0 Å². The summed E-state index contributed by atoms with van der Waals surface area (Å²) >= 11 is 11.8. The molecule has 0 saturated carbocycles. The second-order valence-electron chi connectivity index (χ2n) is 9.34. The lowest BCUT2D eigenvalue weighted by atomic mass is 9.80. The Kier molecular flexibility index (Phi) is 9.29. The third-order valence-electron chi connectivity index (χ3n) is 5.76. The zero-order valence-electron chi connectivity index (χ0n) is 18.7. The molecule has 0 radical (unpaired) electrons. The molecule has 5 nitrogen and oxygen atoms in total. The maximum Gasteiger partial charge on any atom is 0.306 e. The topological polar surface area (TPSA) is 53.0 Å². The number of carbonyl (C=O) groups is 1. The van der Waals surface area contributed by atoms with Gasteiger partial charge in [0, 0.05) is 60.9 Å². The first-order chi connectivity index (χ1) is 14.1. The molecular formula is C23H36Cl2N2O3. The van der Waals surface area contributed by atoms with Gasteiger partial charge in [0.05, 0.1) is 0 Å². The average Bonchev–Trinajstić information content (AvgIpc) is 2.66. The number of carbonyl (C=O) groups excluding carboxylic acids is 1. The lowest BCUT2D eigenvalue weighted by Gasteiger charge is -2.50. The summed E-state index contributed by atoms with van der Waals surface area (Å²) in [5.41, 5.74) is 1.46. The molecule has 1 fully saturated rings. The molecule has 1 aliphatic rings. The average molecular weight is 459 g/mol. The van der Waals surface area contributed by atoms with Gasteiger partial charge in [-0.25, -0.2) is 0 Å². The van der Waals surface area contributed by atoms with Gasteiger partial charge in [-0.2, -0.15) is 5.06 Å². The first-order valence-electron chi connectivity index (χ1n) is 10.7. The molecule has 0 spiro atoms. The molecule has 0 aliphatic carbocycles. The van der Waals surface area contributed by atoms with Crippen LogP contribution in [0.4, 0.5) is 5.69 Å². The third-order valence-corrected chi connectivity index (χ3v) is 6.09. The molecule has 2 rings (SSSR count). The van der Waals surface area contributed by atoms with Crippen LogP contribution in [0.1, 0.15) is 58.9 Å². The Labute approximate surface area is 191 Å². The van der Waals surface area contributed by atoms with Gasteiger partial charge < -0.3 is 14.8 Å². The largest absolute Gasteiger partial charge is 0.462 e. The second kappa shape index (κ2) is 11.0. The minimum absolute atomic E-state index is 0.162. The predicted molar refractivity (Wildman–Crippen MR) is 124 cm³/mol. The van der Waals surface area contributed by atoms with Gasteiger partial charge in [-0.1, -0.05) is 12.1 Å². The Morgan fingerprint density at radius 1 is 1.10 bits per heavy atom. The maximum absolute atomic E-state index is 12.4. The Morgan fingerprint density at radius 2 is 1.63 bits per heavy atom. The maximum atomic E-state index is 12.4. The van der Waals surface area contributed by atoms with Gasteiger partial charge in [-0.15, -0.1) is 23.2 Å². The van der Waals surface area contributed by atoms with Crippen molar-refractivity contribution < 1.29 is 14.7 Å². The van der Waals surface area contributed by atoms with E-state index in [1.54, 1.807) is 0 Å². The van der Waals surface area contributed by atoms with Crippen LogP contribution in [0.2, 0.25) is 0 Å². The predicted octanol–water partition coefficient (Wildman–Crippen LogP) is 5.25. The number of halogens is 2. The van der Waals surface area contributed by atoms with Crippen molar-refractivity contribution in [2.75, 3.05) is 29.7 Å². The Morgan fingerprint density at radius 3 is 2.13 bits per heavy atom. The molecule has 0 aromatic heterocycles. The van der Waals surface area contributed by atoms with E-state index in [4.69, 9.17) is 27.9 Å². The van der Waals surface area contributed by atoms with E-state index in [0.29, 0.717) is 31.0 Å². The number of hydroxylamine groups is 2. The van der Waals surface area contributed by atoms with Gasteiger partial charge in [0.15, 0.2) is 0 Å². The normalized spacial score (nSPS) is 18.9. The lowest BCUT2D eigenvalue weighted by Crippen LogP contribution is -2.60. The van der Waals surface area contributed by atoms with Gasteiger partial charge >= 0.3 is 5.97 Å². The highest BCUT2D eigenvalue weighted by Crippen LogP contribution is 2.38. The molecule has 0 unspecified atom stereocenters. The minimum Gasteiger partial charge on any atom is -0.462 e. The number of hydrogen-bond acceptors (Lipinski definition) is 5. The van der Waals surface area contributed by atoms with Gasteiger partial charge in [-0.05, 0) is 58.2 Å². The number of hydrogen-bond donors (Lipinski definition) is 1. The van der Waals surface area contributed by atoms with Crippen molar-refractivity contribution in [1.82, 2.24) is 5.06 Å². The number of nitrogens with zero attached hydrogens (tertiary/aromatic N) is 2. The van der Waals surface area contributed by atoms with Gasteiger partial charge in [0.1, 0.15) is 6.10 Å². The molecule has 1 aromatic rings. The van der Waals surface area contributed by atoms with Crippen LogP contribution in [0.3, 0.4) is 0 Å². The van der Waals surface area contributed by atoms with E-state index >= 15 is 0 Å². The number of ether oxygens (including phenoxy) is 1. The summed E-state index contributed by atoms with van der Waals surface area (Å²) < 4.78 is 5.74. The number of esters is 1. The lowest BCUT2D eigenvalue weighted by molar-refractivity contribution is -0.259. The summed E-state index contributed by atoms with van der Waals surface area (Å²) in [6.07, 6.45) is 3.05. The summed E-state index contributed by atoms with van der Waals surface area (Å²) in [6.45, 7) is 9.42. The molecule has 0 bridgehead atoms. The van der Waals surface area contributed by atoms with Crippen LogP contribution in [-0.2, 0) is 16.0 Å². The van der Waals surface area contributed by atoms with Crippen molar-refractivity contribution in [1.29, 1.82) is 0 Å². The van der Waals surface area contributed by atoms with Crippen LogP contribution >= 0.6 is 23.2 Å². The number of alkyl halides is 2.